The molecule has 0 unspecified atom stereocenters. The van der Waals surface area contributed by atoms with Crippen LogP contribution in [0.4, 0.5) is 0 Å². The fourth-order valence-corrected chi connectivity index (χ4v) is 2.18. The maximum absolute atomic E-state index is 10.4. The van der Waals surface area contributed by atoms with E-state index < -0.39 is 0 Å². The Morgan fingerprint density at radius 2 is 1.41 bits per heavy atom. The number of phenols is 1. The van der Waals surface area contributed by atoms with Crippen molar-refractivity contribution in [2.24, 2.45) is 0 Å². The van der Waals surface area contributed by atoms with Crippen molar-refractivity contribution in [1.82, 2.24) is 0 Å². The van der Waals surface area contributed by atoms with Crippen molar-refractivity contribution in [2.45, 2.75) is 26.7 Å². The fourth-order valence-electron chi connectivity index (χ4n) is 2.18. The average Bonchev–Trinajstić information content (AvgIpc) is 2.39. The topological polar surface area (TPSA) is 20.2 Å². The second kappa shape index (κ2) is 5.05. The molecule has 0 aliphatic carbocycles. The molecule has 0 saturated carbocycles. The van der Waals surface area contributed by atoms with Gasteiger partial charge in [0.25, 0.3) is 0 Å². The molecule has 2 aromatic carbocycles. The van der Waals surface area contributed by atoms with Crippen LogP contribution in [0.2, 0.25) is 0 Å². The Bertz CT molecular complexity index is 500. The maximum atomic E-state index is 10.4. The molecule has 0 radical (unpaired) electrons. The van der Waals surface area contributed by atoms with Gasteiger partial charge in [-0.1, -0.05) is 56.3 Å². The van der Waals surface area contributed by atoms with Crippen LogP contribution in [-0.2, 0) is 12.8 Å². The summed E-state index contributed by atoms with van der Waals surface area (Å²) in [5, 5.41) is 10.4. The van der Waals surface area contributed by atoms with E-state index in [0.29, 0.717) is 5.75 Å². The van der Waals surface area contributed by atoms with Gasteiger partial charge in [-0.2, -0.15) is 0 Å². The lowest BCUT2D eigenvalue weighted by molar-refractivity contribution is 0.470. The van der Waals surface area contributed by atoms with Gasteiger partial charge in [0, 0.05) is 5.56 Å². The van der Waals surface area contributed by atoms with E-state index in [0.717, 1.165) is 29.5 Å². The van der Waals surface area contributed by atoms with Gasteiger partial charge in [0.2, 0.25) is 0 Å². The van der Waals surface area contributed by atoms with Gasteiger partial charge in [0.05, 0.1) is 0 Å². The summed E-state index contributed by atoms with van der Waals surface area (Å²) in [7, 11) is 0. The van der Waals surface area contributed by atoms with Crippen LogP contribution < -0.4 is 0 Å². The molecule has 0 amide bonds. The SMILES string of the molecule is CCc1ccc(CC)c(-c2ccccc2)c1O. The van der Waals surface area contributed by atoms with Crippen LogP contribution in [-0.4, -0.2) is 5.11 Å². The van der Waals surface area contributed by atoms with Crippen molar-refractivity contribution in [3.63, 3.8) is 0 Å². The average molecular weight is 226 g/mol. The van der Waals surface area contributed by atoms with Gasteiger partial charge in [0.1, 0.15) is 5.75 Å². The molecule has 0 fully saturated rings. The summed E-state index contributed by atoms with van der Waals surface area (Å²) in [6.07, 6.45) is 1.79. The Morgan fingerprint density at radius 3 is 2.00 bits per heavy atom. The molecule has 1 nitrogen and oxygen atoms in total. The van der Waals surface area contributed by atoms with E-state index in [1.54, 1.807) is 0 Å². The van der Waals surface area contributed by atoms with Crippen molar-refractivity contribution in [2.75, 3.05) is 0 Å². The molecule has 0 bridgehead atoms. The Kier molecular flexibility index (Phi) is 3.48. The van der Waals surface area contributed by atoms with Crippen molar-refractivity contribution < 1.29 is 5.11 Å². The zero-order chi connectivity index (χ0) is 12.3. The monoisotopic (exact) mass is 226 g/mol. The summed E-state index contributed by atoms with van der Waals surface area (Å²) in [5.41, 5.74) is 4.30. The smallest absolute Gasteiger partial charge is 0.126 e. The largest absolute Gasteiger partial charge is 0.507 e. The number of aromatic hydroxyl groups is 1. The lowest BCUT2D eigenvalue weighted by Crippen LogP contribution is -1.92. The fraction of sp³-hybridized carbons (Fsp3) is 0.250. The number of rotatable bonds is 3. The summed E-state index contributed by atoms with van der Waals surface area (Å²) in [5.74, 6) is 0.443. The van der Waals surface area contributed by atoms with Gasteiger partial charge in [0.15, 0.2) is 0 Å². The molecule has 0 spiro atoms. The van der Waals surface area contributed by atoms with E-state index in [4.69, 9.17) is 0 Å². The first-order chi connectivity index (χ1) is 8.27. The van der Waals surface area contributed by atoms with E-state index in [2.05, 4.69) is 19.9 Å². The van der Waals surface area contributed by atoms with Crippen LogP contribution in [0.3, 0.4) is 0 Å². The molecule has 2 rings (SSSR count). The van der Waals surface area contributed by atoms with Gasteiger partial charge in [-0.05, 0) is 29.5 Å². The first-order valence-corrected chi connectivity index (χ1v) is 6.17. The second-order valence-electron chi connectivity index (χ2n) is 4.18. The molecule has 0 heterocycles. The lowest BCUT2D eigenvalue weighted by atomic mass is 9.94. The minimum atomic E-state index is 0.443. The molecule has 2 aromatic rings. The minimum Gasteiger partial charge on any atom is -0.507 e. The van der Waals surface area contributed by atoms with Gasteiger partial charge >= 0.3 is 0 Å². The van der Waals surface area contributed by atoms with E-state index >= 15 is 0 Å². The highest BCUT2D eigenvalue weighted by Gasteiger charge is 2.12. The third kappa shape index (κ3) is 2.19. The van der Waals surface area contributed by atoms with Crippen LogP contribution in [0.15, 0.2) is 42.5 Å². The first-order valence-electron chi connectivity index (χ1n) is 6.17. The van der Waals surface area contributed by atoms with Crippen LogP contribution in [0.25, 0.3) is 11.1 Å². The first kappa shape index (κ1) is 11.7. The standard InChI is InChI=1S/C16H18O/c1-3-12-10-11-13(4-2)16(17)15(12)14-8-6-5-7-9-14/h5-11,17H,3-4H2,1-2H3. The summed E-state index contributed by atoms with van der Waals surface area (Å²) in [6.45, 7) is 4.18. The molecule has 0 aliphatic rings. The van der Waals surface area contributed by atoms with E-state index in [9.17, 15) is 5.11 Å². The summed E-state index contributed by atoms with van der Waals surface area (Å²) < 4.78 is 0. The highest BCUT2D eigenvalue weighted by Crippen LogP contribution is 2.35. The van der Waals surface area contributed by atoms with Gasteiger partial charge < -0.3 is 5.11 Å². The molecule has 17 heavy (non-hydrogen) atoms. The molecule has 88 valence electrons. The molecular formula is C16H18O. The van der Waals surface area contributed by atoms with Crippen LogP contribution in [0, 0.1) is 0 Å². The molecule has 0 aliphatic heterocycles. The number of hydrogen-bond donors (Lipinski definition) is 1. The van der Waals surface area contributed by atoms with E-state index in [1.807, 2.05) is 36.4 Å². The quantitative estimate of drug-likeness (QED) is 0.832. The predicted octanol–water partition coefficient (Wildman–Crippen LogP) is 4.18. The van der Waals surface area contributed by atoms with E-state index in [-0.39, 0.29) is 0 Å². The van der Waals surface area contributed by atoms with Crippen molar-refractivity contribution in [1.29, 1.82) is 0 Å². The summed E-state index contributed by atoms with van der Waals surface area (Å²) >= 11 is 0. The maximum Gasteiger partial charge on any atom is 0.126 e. The lowest BCUT2D eigenvalue weighted by Gasteiger charge is -2.13. The molecule has 0 atom stereocenters. The highest BCUT2D eigenvalue weighted by molar-refractivity contribution is 5.75. The minimum absolute atomic E-state index is 0.443. The Hall–Kier alpha value is -1.76. The molecular weight excluding hydrogens is 208 g/mol. The number of benzene rings is 2. The zero-order valence-electron chi connectivity index (χ0n) is 10.4. The van der Waals surface area contributed by atoms with Crippen LogP contribution in [0.1, 0.15) is 25.0 Å². The van der Waals surface area contributed by atoms with Crippen molar-refractivity contribution in [3.8, 4) is 16.9 Å². The normalized spacial score (nSPS) is 10.5. The summed E-state index contributed by atoms with van der Waals surface area (Å²) in [6, 6.07) is 14.3. The van der Waals surface area contributed by atoms with E-state index in [1.165, 1.54) is 5.56 Å². The molecule has 0 saturated heterocycles. The van der Waals surface area contributed by atoms with Gasteiger partial charge in [-0.25, -0.2) is 0 Å². The number of phenolic OH excluding ortho intramolecular Hbond substituents is 1. The van der Waals surface area contributed by atoms with Crippen molar-refractivity contribution in [3.05, 3.63) is 53.6 Å². The van der Waals surface area contributed by atoms with Crippen LogP contribution >= 0.6 is 0 Å². The second-order valence-corrected chi connectivity index (χ2v) is 4.18. The zero-order valence-corrected chi connectivity index (χ0v) is 10.4. The number of aryl methyl sites for hydroxylation is 2. The Labute approximate surface area is 103 Å². The molecule has 0 aromatic heterocycles. The Balaban J connectivity index is 2.66. The van der Waals surface area contributed by atoms with Gasteiger partial charge in [-0.15, -0.1) is 0 Å². The molecule has 1 heteroatoms. The van der Waals surface area contributed by atoms with Crippen molar-refractivity contribution >= 4 is 0 Å². The third-order valence-corrected chi connectivity index (χ3v) is 3.17. The Morgan fingerprint density at radius 1 is 0.824 bits per heavy atom. The molecule has 1 N–H and O–H groups in total. The number of hydrogen-bond acceptors (Lipinski definition) is 1. The van der Waals surface area contributed by atoms with Gasteiger partial charge in [-0.3, -0.25) is 0 Å². The van der Waals surface area contributed by atoms with Crippen LogP contribution in [0.5, 0.6) is 5.75 Å². The highest BCUT2D eigenvalue weighted by atomic mass is 16.3. The summed E-state index contributed by atoms with van der Waals surface area (Å²) in [4.78, 5) is 0. The third-order valence-electron chi connectivity index (χ3n) is 3.17. The predicted molar refractivity (Wildman–Crippen MR) is 72.3 cm³/mol.